The van der Waals surface area contributed by atoms with Crippen molar-refractivity contribution in [2.45, 2.75) is 70.5 Å². The van der Waals surface area contributed by atoms with E-state index in [1.54, 1.807) is 7.05 Å². The molecule has 3 rings (SSSR count). The first-order valence-electron chi connectivity index (χ1n) is 8.29. The minimum atomic E-state index is -0.0556. The van der Waals surface area contributed by atoms with Crippen molar-refractivity contribution in [1.29, 1.82) is 0 Å². The van der Waals surface area contributed by atoms with Crippen LogP contribution >= 0.6 is 0 Å². The van der Waals surface area contributed by atoms with Crippen molar-refractivity contribution in [2.24, 2.45) is 0 Å². The van der Waals surface area contributed by atoms with Crippen LogP contribution in [0.1, 0.15) is 60.8 Å². The average molecular weight is 290 g/mol. The standard InChI is InChI=1S/C16H26N4O/c1-3-20-14-9-8-12(18-11-6-4-5-7-11)10-13(14)15(19-20)16(21)17-2/h11-12,18H,3-10H2,1-2H3,(H,17,21)/t12-/m0/s1. The van der Waals surface area contributed by atoms with E-state index < -0.39 is 0 Å². The highest BCUT2D eigenvalue weighted by molar-refractivity contribution is 5.93. The molecule has 2 N–H and O–H groups in total. The molecular weight excluding hydrogens is 264 g/mol. The van der Waals surface area contributed by atoms with Crippen molar-refractivity contribution in [2.75, 3.05) is 7.05 Å². The van der Waals surface area contributed by atoms with Crippen LogP contribution in [0.25, 0.3) is 0 Å². The first-order chi connectivity index (χ1) is 10.2. The van der Waals surface area contributed by atoms with Crippen LogP contribution in [0.5, 0.6) is 0 Å². The molecule has 1 aromatic heterocycles. The number of nitrogens with zero attached hydrogens (tertiary/aromatic N) is 2. The summed E-state index contributed by atoms with van der Waals surface area (Å²) in [5.74, 6) is -0.0556. The van der Waals surface area contributed by atoms with Gasteiger partial charge in [-0.1, -0.05) is 12.8 Å². The maximum absolute atomic E-state index is 12.1. The van der Waals surface area contributed by atoms with E-state index in [4.69, 9.17) is 0 Å². The second-order valence-electron chi connectivity index (χ2n) is 6.26. The van der Waals surface area contributed by atoms with Gasteiger partial charge in [0.2, 0.25) is 0 Å². The van der Waals surface area contributed by atoms with Crippen molar-refractivity contribution in [3.05, 3.63) is 17.0 Å². The first kappa shape index (κ1) is 14.6. The van der Waals surface area contributed by atoms with E-state index in [1.807, 2.05) is 4.68 Å². The van der Waals surface area contributed by atoms with Gasteiger partial charge in [-0.2, -0.15) is 5.10 Å². The van der Waals surface area contributed by atoms with Crippen LogP contribution in [0.2, 0.25) is 0 Å². The van der Waals surface area contributed by atoms with Gasteiger partial charge in [0.1, 0.15) is 0 Å². The van der Waals surface area contributed by atoms with Gasteiger partial charge in [-0.25, -0.2) is 0 Å². The van der Waals surface area contributed by atoms with Gasteiger partial charge in [0.05, 0.1) is 0 Å². The highest BCUT2D eigenvalue weighted by Gasteiger charge is 2.29. The fourth-order valence-corrected chi connectivity index (χ4v) is 3.82. The molecule has 1 saturated carbocycles. The highest BCUT2D eigenvalue weighted by Crippen LogP contribution is 2.27. The molecule has 0 unspecified atom stereocenters. The lowest BCUT2D eigenvalue weighted by Crippen LogP contribution is -2.40. The number of fused-ring (bicyclic) bond motifs is 1. The topological polar surface area (TPSA) is 59.0 Å². The number of nitrogens with one attached hydrogen (secondary N) is 2. The van der Waals surface area contributed by atoms with Crippen LogP contribution in [0.3, 0.4) is 0 Å². The predicted molar refractivity (Wildman–Crippen MR) is 82.5 cm³/mol. The number of amides is 1. The van der Waals surface area contributed by atoms with Crippen LogP contribution in [0.4, 0.5) is 0 Å². The van der Waals surface area contributed by atoms with Crippen molar-refractivity contribution in [3.63, 3.8) is 0 Å². The second-order valence-corrected chi connectivity index (χ2v) is 6.26. The third kappa shape index (κ3) is 2.84. The van der Waals surface area contributed by atoms with Crippen LogP contribution in [-0.2, 0) is 19.4 Å². The van der Waals surface area contributed by atoms with Crippen molar-refractivity contribution in [3.8, 4) is 0 Å². The fourth-order valence-electron chi connectivity index (χ4n) is 3.82. The molecular formula is C16H26N4O. The van der Waals surface area contributed by atoms with E-state index in [0.29, 0.717) is 17.8 Å². The summed E-state index contributed by atoms with van der Waals surface area (Å²) in [7, 11) is 1.68. The Bertz CT molecular complexity index is 517. The molecule has 0 radical (unpaired) electrons. The Morgan fingerprint density at radius 2 is 2.05 bits per heavy atom. The molecule has 1 heterocycles. The lowest BCUT2D eigenvalue weighted by molar-refractivity contribution is 0.0956. The van der Waals surface area contributed by atoms with E-state index in [2.05, 4.69) is 22.7 Å². The summed E-state index contributed by atoms with van der Waals surface area (Å²) in [5, 5.41) is 11.0. The lowest BCUT2D eigenvalue weighted by Gasteiger charge is -2.27. The molecule has 1 fully saturated rings. The molecule has 0 bridgehead atoms. The summed E-state index contributed by atoms with van der Waals surface area (Å²) in [6.45, 7) is 2.92. The fraction of sp³-hybridized carbons (Fsp3) is 0.750. The monoisotopic (exact) mass is 290 g/mol. The van der Waals surface area contributed by atoms with E-state index >= 15 is 0 Å². The predicted octanol–water partition coefficient (Wildman–Crippen LogP) is 1.65. The van der Waals surface area contributed by atoms with Gasteiger partial charge in [0, 0.05) is 36.9 Å². The van der Waals surface area contributed by atoms with E-state index in [0.717, 1.165) is 31.4 Å². The van der Waals surface area contributed by atoms with E-state index in [9.17, 15) is 4.79 Å². The molecule has 0 spiro atoms. The minimum absolute atomic E-state index is 0.0556. The van der Waals surface area contributed by atoms with E-state index in [-0.39, 0.29) is 5.91 Å². The third-order valence-corrected chi connectivity index (χ3v) is 4.91. The second kappa shape index (κ2) is 6.18. The number of aromatic nitrogens is 2. The molecule has 5 heteroatoms. The highest BCUT2D eigenvalue weighted by atomic mass is 16.1. The normalized spacial score (nSPS) is 22.3. The molecule has 2 aliphatic carbocycles. The zero-order valence-corrected chi connectivity index (χ0v) is 13.1. The van der Waals surface area contributed by atoms with Gasteiger partial charge < -0.3 is 10.6 Å². The number of aryl methyl sites for hydroxylation is 1. The molecule has 0 aromatic carbocycles. The van der Waals surface area contributed by atoms with Gasteiger partial charge in [-0.15, -0.1) is 0 Å². The van der Waals surface area contributed by atoms with Crippen LogP contribution < -0.4 is 10.6 Å². The quantitative estimate of drug-likeness (QED) is 0.886. The Hall–Kier alpha value is -1.36. The Morgan fingerprint density at radius 3 is 2.71 bits per heavy atom. The summed E-state index contributed by atoms with van der Waals surface area (Å²) in [4.78, 5) is 12.1. The van der Waals surface area contributed by atoms with Crippen molar-refractivity contribution >= 4 is 5.91 Å². The number of rotatable bonds is 4. The van der Waals surface area contributed by atoms with Crippen LogP contribution in [0, 0.1) is 0 Å². The molecule has 5 nitrogen and oxygen atoms in total. The number of carbonyl (C=O) groups excluding carboxylic acids is 1. The summed E-state index contributed by atoms with van der Waals surface area (Å²) < 4.78 is 2.01. The molecule has 1 atom stereocenters. The molecule has 2 aliphatic rings. The lowest BCUT2D eigenvalue weighted by atomic mass is 9.90. The maximum atomic E-state index is 12.1. The third-order valence-electron chi connectivity index (χ3n) is 4.91. The van der Waals surface area contributed by atoms with Gasteiger partial charge in [0.25, 0.3) is 5.91 Å². The zero-order valence-electron chi connectivity index (χ0n) is 13.1. The van der Waals surface area contributed by atoms with Crippen LogP contribution in [0.15, 0.2) is 0 Å². The summed E-state index contributed by atoms with van der Waals surface area (Å²) >= 11 is 0. The van der Waals surface area contributed by atoms with Gasteiger partial charge >= 0.3 is 0 Å². The number of carbonyl (C=O) groups is 1. The summed E-state index contributed by atoms with van der Waals surface area (Å²) in [6.07, 6.45) is 8.44. The Balaban J connectivity index is 1.79. The van der Waals surface area contributed by atoms with Crippen molar-refractivity contribution in [1.82, 2.24) is 20.4 Å². The van der Waals surface area contributed by atoms with E-state index in [1.165, 1.54) is 31.4 Å². The Kier molecular flexibility index (Phi) is 4.29. The Labute approximate surface area is 126 Å². The number of hydrogen-bond donors (Lipinski definition) is 2. The SMILES string of the molecule is CCn1nc(C(=O)NC)c2c1CC[C@H](NC1CCCC1)C2. The average Bonchev–Trinajstić information content (AvgIpc) is 3.13. The van der Waals surface area contributed by atoms with Crippen molar-refractivity contribution < 1.29 is 4.79 Å². The zero-order chi connectivity index (χ0) is 14.8. The molecule has 1 aromatic rings. The van der Waals surface area contributed by atoms with Gasteiger partial charge in [0.15, 0.2) is 5.69 Å². The van der Waals surface area contributed by atoms with Gasteiger partial charge in [-0.05, 0) is 39.0 Å². The first-order valence-corrected chi connectivity index (χ1v) is 8.29. The molecule has 116 valence electrons. The summed E-state index contributed by atoms with van der Waals surface area (Å²) in [5.41, 5.74) is 3.06. The smallest absolute Gasteiger partial charge is 0.271 e. The Morgan fingerprint density at radius 1 is 1.29 bits per heavy atom. The molecule has 21 heavy (non-hydrogen) atoms. The molecule has 0 saturated heterocycles. The largest absolute Gasteiger partial charge is 0.354 e. The molecule has 0 aliphatic heterocycles. The minimum Gasteiger partial charge on any atom is -0.354 e. The van der Waals surface area contributed by atoms with Crippen LogP contribution in [-0.4, -0.2) is 34.8 Å². The molecule has 1 amide bonds. The maximum Gasteiger partial charge on any atom is 0.271 e. The van der Waals surface area contributed by atoms with Gasteiger partial charge in [-0.3, -0.25) is 9.48 Å². The number of hydrogen-bond acceptors (Lipinski definition) is 3. The summed E-state index contributed by atoms with van der Waals surface area (Å²) in [6, 6.07) is 1.18.